The van der Waals surface area contributed by atoms with Crippen molar-refractivity contribution in [3.63, 3.8) is 0 Å². The fraction of sp³-hybridized carbons (Fsp3) is 0.458. The van der Waals surface area contributed by atoms with Gasteiger partial charge in [0, 0.05) is 53.6 Å². The molecule has 4 rings (SSSR count). The number of nitrogens with zero attached hydrogens (tertiary/aromatic N) is 3. The number of nitrogens with two attached hydrogens (primary N) is 1. The van der Waals surface area contributed by atoms with Crippen LogP contribution < -0.4 is 11.1 Å². The predicted octanol–water partition coefficient (Wildman–Crippen LogP) is 4.84. The maximum Gasteiger partial charge on any atom is 0.256 e. The van der Waals surface area contributed by atoms with Crippen LogP contribution in [0, 0.1) is 6.92 Å². The van der Waals surface area contributed by atoms with Gasteiger partial charge >= 0.3 is 0 Å². The summed E-state index contributed by atoms with van der Waals surface area (Å²) in [7, 11) is 0. The first-order valence-corrected chi connectivity index (χ1v) is 13.0. The van der Waals surface area contributed by atoms with Crippen LogP contribution in [-0.4, -0.2) is 58.8 Å². The van der Waals surface area contributed by atoms with Gasteiger partial charge in [-0.25, -0.2) is 0 Å². The summed E-state index contributed by atoms with van der Waals surface area (Å²) in [6.45, 7) is 4.70. The summed E-state index contributed by atoms with van der Waals surface area (Å²) in [5.74, 6) is -0.0222. The number of hydrogen-bond acceptors (Lipinski definition) is 5. The Kier molecular flexibility index (Phi) is 7.58. The van der Waals surface area contributed by atoms with Crippen LogP contribution in [0.25, 0.3) is 0 Å². The smallest absolute Gasteiger partial charge is 0.256 e. The van der Waals surface area contributed by atoms with Gasteiger partial charge in [-0.3, -0.25) is 14.6 Å². The first kappa shape index (κ1) is 24.0. The Hall–Kier alpha value is -2.13. The molecule has 1 aromatic heterocycles. The van der Waals surface area contributed by atoms with E-state index >= 15 is 0 Å². The highest BCUT2D eigenvalue weighted by atomic mass is 79.9. The second-order valence-corrected chi connectivity index (χ2v) is 10.6. The van der Waals surface area contributed by atoms with Gasteiger partial charge in [-0.15, -0.1) is 0 Å². The van der Waals surface area contributed by atoms with Crippen LogP contribution in [0.5, 0.6) is 0 Å². The number of rotatable bonds is 4. The van der Waals surface area contributed by atoms with Crippen molar-refractivity contribution >= 4 is 55.0 Å². The SMILES string of the molecule is Cc1c(Br)cncc1C(=O)N1CCC[C@@H](Nc2c(N)cc(Br)cc2C(=O)N2CCCCC2)C1. The molecule has 2 aromatic rings. The first-order chi connectivity index (χ1) is 15.8. The van der Waals surface area contributed by atoms with Crippen molar-refractivity contribution in [3.8, 4) is 0 Å². The molecule has 33 heavy (non-hydrogen) atoms. The Bertz CT molecular complexity index is 1060. The van der Waals surface area contributed by atoms with E-state index in [2.05, 4.69) is 42.2 Å². The summed E-state index contributed by atoms with van der Waals surface area (Å²) in [5.41, 5.74) is 9.63. The summed E-state index contributed by atoms with van der Waals surface area (Å²) in [5, 5.41) is 3.52. The maximum atomic E-state index is 13.3. The highest BCUT2D eigenvalue weighted by molar-refractivity contribution is 9.10. The predicted molar refractivity (Wildman–Crippen MR) is 138 cm³/mol. The molecule has 3 heterocycles. The fourth-order valence-corrected chi connectivity index (χ4v) is 5.40. The monoisotopic (exact) mass is 577 g/mol. The number of amides is 2. The Morgan fingerprint density at radius 1 is 1.00 bits per heavy atom. The van der Waals surface area contributed by atoms with E-state index in [-0.39, 0.29) is 17.9 Å². The van der Waals surface area contributed by atoms with Crippen molar-refractivity contribution < 1.29 is 9.59 Å². The van der Waals surface area contributed by atoms with Crippen molar-refractivity contribution in [2.24, 2.45) is 0 Å². The lowest BCUT2D eigenvalue weighted by atomic mass is 10.0. The van der Waals surface area contributed by atoms with Crippen molar-refractivity contribution in [1.29, 1.82) is 0 Å². The number of pyridine rings is 1. The largest absolute Gasteiger partial charge is 0.397 e. The average molecular weight is 579 g/mol. The van der Waals surface area contributed by atoms with Gasteiger partial charge in [0.1, 0.15) is 0 Å². The zero-order valence-corrected chi connectivity index (χ0v) is 21.9. The van der Waals surface area contributed by atoms with Gasteiger partial charge in [0.15, 0.2) is 0 Å². The van der Waals surface area contributed by atoms with Gasteiger partial charge < -0.3 is 20.9 Å². The van der Waals surface area contributed by atoms with E-state index in [4.69, 9.17) is 5.73 Å². The number of anilines is 2. The number of aromatic nitrogens is 1. The van der Waals surface area contributed by atoms with E-state index in [1.807, 2.05) is 28.9 Å². The minimum Gasteiger partial charge on any atom is -0.397 e. The summed E-state index contributed by atoms with van der Waals surface area (Å²) in [6.07, 6.45) is 8.31. The third kappa shape index (κ3) is 5.35. The lowest BCUT2D eigenvalue weighted by molar-refractivity contribution is 0.0706. The molecule has 2 amide bonds. The molecule has 3 N–H and O–H groups in total. The molecule has 2 aliphatic rings. The molecular weight excluding hydrogens is 550 g/mol. The third-order valence-electron chi connectivity index (χ3n) is 6.45. The number of carbonyl (C=O) groups excluding carboxylic acids is 2. The molecule has 2 fully saturated rings. The molecular formula is C24H29Br2N5O2. The van der Waals surface area contributed by atoms with Gasteiger partial charge in [-0.2, -0.15) is 0 Å². The molecule has 9 heteroatoms. The molecule has 0 spiro atoms. The molecule has 0 unspecified atom stereocenters. The normalized spacial score (nSPS) is 18.8. The summed E-state index contributed by atoms with van der Waals surface area (Å²) >= 11 is 6.95. The number of carbonyl (C=O) groups is 2. The van der Waals surface area contributed by atoms with Gasteiger partial charge in [0.05, 0.1) is 22.5 Å². The lowest BCUT2D eigenvalue weighted by Gasteiger charge is -2.35. The molecule has 0 radical (unpaired) electrons. The number of nitrogen functional groups attached to an aromatic ring is 1. The molecule has 7 nitrogen and oxygen atoms in total. The van der Waals surface area contributed by atoms with E-state index in [0.29, 0.717) is 35.6 Å². The maximum absolute atomic E-state index is 13.3. The van der Waals surface area contributed by atoms with Gasteiger partial charge in [-0.1, -0.05) is 15.9 Å². The first-order valence-electron chi connectivity index (χ1n) is 11.4. The van der Waals surface area contributed by atoms with Crippen LogP contribution in [-0.2, 0) is 0 Å². The van der Waals surface area contributed by atoms with E-state index in [0.717, 1.165) is 59.7 Å². The third-order valence-corrected chi connectivity index (χ3v) is 7.71. The minimum atomic E-state index is -0.0267. The summed E-state index contributed by atoms with van der Waals surface area (Å²) in [4.78, 5) is 34.5. The topological polar surface area (TPSA) is 91.6 Å². The fourth-order valence-electron chi connectivity index (χ4n) is 4.59. The Morgan fingerprint density at radius 2 is 1.70 bits per heavy atom. The summed E-state index contributed by atoms with van der Waals surface area (Å²) in [6, 6.07) is 3.66. The molecule has 2 aliphatic heterocycles. The van der Waals surface area contributed by atoms with Crippen LogP contribution in [0.1, 0.15) is 58.4 Å². The second-order valence-electron chi connectivity index (χ2n) is 8.80. The number of nitrogens with one attached hydrogen (secondary N) is 1. The Balaban J connectivity index is 1.54. The highest BCUT2D eigenvalue weighted by Crippen LogP contribution is 2.32. The van der Waals surface area contributed by atoms with Crippen LogP contribution in [0.2, 0.25) is 0 Å². The van der Waals surface area contributed by atoms with Gasteiger partial charge in [0.25, 0.3) is 11.8 Å². The summed E-state index contributed by atoms with van der Waals surface area (Å²) < 4.78 is 1.60. The molecule has 1 aromatic carbocycles. The van der Waals surface area contributed by atoms with Crippen LogP contribution >= 0.6 is 31.9 Å². The second kappa shape index (κ2) is 10.4. The molecule has 176 valence electrons. The van der Waals surface area contributed by atoms with E-state index < -0.39 is 0 Å². The van der Waals surface area contributed by atoms with Crippen molar-refractivity contribution in [3.05, 3.63) is 50.2 Å². The number of piperidine rings is 2. The molecule has 2 saturated heterocycles. The van der Waals surface area contributed by atoms with E-state index in [1.54, 1.807) is 12.4 Å². The number of hydrogen-bond donors (Lipinski definition) is 2. The van der Waals surface area contributed by atoms with Gasteiger partial charge in [-0.05, 0) is 72.7 Å². The standard InChI is InChI=1S/C24H29Br2N5O2/c1-15-19(12-28-13-20(15)26)24(33)31-9-5-6-17(14-31)29-22-18(10-16(25)11-21(22)27)23(32)30-7-3-2-4-8-30/h10-13,17,29H,2-9,14,27H2,1H3/t17-/m1/s1. The molecule has 0 saturated carbocycles. The molecule has 1 atom stereocenters. The van der Waals surface area contributed by atoms with Crippen molar-refractivity contribution in [1.82, 2.24) is 14.8 Å². The average Bonchev–Trinajstić information content (AvgIpc) is 2.82. The Labute approximate surface area is 211 Å². The zero-order valence-electron chi connectivity index (χ0n) is 18.7. The highest BCUT2D eigenvalue weighted by Gasteiger charge is 2.28. The van der Waals surface area contributed by atoms with Crippen molar-refractivity contribution in [2.45, 2.75) is 45.1 Å². The van der Waals surface area contributed by atoms with Crippen LogP contribution in [0.3, 0.4) is 0 Å². The van der Waals surface area contributed by atoms with Crippen molar-refractivity contribution in [2.75, 3.05) is 37.2 Å². The minimum absolute atomic E-state index is 0.000463. The van der Waals surface area contributed by atoms with Gasteiger partial charge in [0.2, 0.25) is 0 Å². The number of likely N-dealkylation sites (tertiary alicyclic amines) is 2. The Morgan fingerprint density at radius 3 is 2.45 bits per heavy atom. The number of benzene rings is 1. The molecule has 0 aliphatic carbocycles. The lowest BCUT2D eigenvalue weighted by Crippen LogP contribution is -2.45. The number of halogens is 2. The van der Waals surface area contributed by atoms with Crippen LogP contribution in [0.15, 0.2) is 33.5 Å². The van der Waals surface area contributed by atoms with Crippen LogP contribution in [0.4, 0.5) is 11.4 Å². The zero-order chi connectivity index (χ0) is 23.5. The van der Waals surface area contributed by atoms with E-state index in [9.17, 15) is 9.59 Å². The molecule has 0 bridgehead atoms. The quantitative estimate of drug-likeness (QED) is 0.507. The van der Waals surface area contributed by atoms with E-state index in [1.165, 1.54) is 0 Å².